The number of carboxylic acid groups (broad SMARTS) is 1. The molecule has 1 amide bonds. The highest BCUT2D eigenvalue weighted by atomic mass is 32.2. The first-order valence-electron chi connectivity index (χ1n) is 6.28. The summed E-state index contributed by atoms with van der Waals surface area (Å²) in [5.74, 6) is -0.0491. The molecule has 0 aliphatic rings. The second-order valence-corrected chi connectivity index (χ2v) is 5.20. The molecular formula is C14H19NO4S. The summed E-state index contributed by atoms with van der Waals surface area (Å²) in [5.41, 5.74) is 1.01. The average Bonchev–Trinajstić information content (AvgIpc) is 2.40. The van der Waals surface area contributed by atoms with Crippen molar-refractivity contribution < 1.29 is 19.4 Å². The number of hydrogen-bond acceptors (Lipinski definition) is 4. The van der Waals surface area contributed by atoms with Crippen molar-refractivity contribution in [2.45, 2.75) is 13.5 Å². The summed E-state index contributed by atoms with van der Waals surface area (Å²) in [6, 6.07) is 7.57. The fraction of sp³-hybridized carbons (Fsp3) is 0.429. The third-order valence-corrected chi connectivity index (χ3v) is 3.43. The lowest BCUT2D eigenvalue weighted by atomic mass is 10.2. The number of ether oxygens (including phenoxy) is 1. The van der Waals surface area contributed by atoms with Gasteiger partial charge in [0.2, 0.25) is 5.91 Å². The Morgan fingerprint density at radius 1 is 1.25 bits per heavy atom. The van der Waals surface area contributed by atoms with Crippen molar-refractivity contribution in [3.05, 3.63) is 29.8 Å². The van der Waals surface area contributed by atoms with Gasteiger partial charge in [-0.25, -0.2) is 0 Å². The molecule has 0 unspecified atom stereocenters. The molecule has 1 aromatic rings. The van der Waals surface area contributed by atoms with Crippen LogP contribution in [0.25, 0.3) is 0 Å². The van der Waals surface area contributed by atoms with Gasteiger partial charge in [-0.2, -0.15) is 0 Å². The van der Waals surface area contributed by atoms with Gasteiger partial charge >= 0.3 is 5.97 Å². The number of nitrogens with zero attached hydrogens (tertiary/aromatic N) is 1. The number of carbonyl (C=O) groups is 2. The predicted molar refractivity (Wildman–Crippen MR) is 79.0 cm³/mol. The van der Waals surface area contributed by atoms with Crippen LogP contribution >= 0.6 is 11.8 Å². The monoisotopic (exact) mass is 297 g/mol. The molecular weight excluding hydrogens is 278 g/mol. The van der Waals surface area contributed by atoms with Crippen LogP contribution in [-0.2, 0) is 16.1 Å². The SMILES string of the molecule is CCOc1ccc(CN(C)C(=O)CSCC(=O)O)cc1. The highest BCUT2D eigenvalue weighted by Crippen LogP contribution is 2.13. The van der Waals surface area contributed by atoms with Gasteiger partial charge in [-0.1, -0.05) is 12.1 Å². The van der Waals surface area contributed by atoms with Crippen LogP contribution in [0.5, 0.6) is 5.75 Å². The Morgan fingerprint density at radius 3 is 2.45 bits per heavy atom. The summed E-state index contributed by atoms with van der Waals surface area (Å²) in [7, 11) is 1.71. The Hall–Kier alpha value is -1.69. The van der Waals surface area contributed by atoms with Crippen molar-refractivity contribution in [3.8, 4) is 5.75 Å². The molecule has 1 N–H and O–H groups in total. The maximum absolute atomic E-state index is 11.8. The summed E-state index contributed by atoms with van der Waals surface area (Å²) < 4.78 is 5.35. The maximum atomic E-state index is 11.8. The second kappa shape index (κ2) is 8.47. The molecule has 0 spiro atoms. The van der Waals surface area contributed by atoms with Crippen LogP contribution in [0.4, 0.5) is 0 Å². The van der Waals surface area contributed by atoms with Crippen LogP contribution < -0.4 is 4.74 Å². The fourth-order valence-electron chi connectivity index (χ4n) is 1.56. The zero-order valence-electron chi connectivity index (χ0n) is 11.7. The topological polar surface area (TPSA) is 66.8 Å². The number of carbonyl (C=O) groups excluding carboxylic acids is 1. The van der Waals surface area contributed by atoms with Gasteiger partial charge in [0.05, 0.1) is 18.1 Å². The lowest BCUT2D eigenvalue weighted by Gasteiger charge is -2.17. The summed E-state index contributed by atoms with van der Waals surface area (Å²) in [6.45, 7) is 3.05. The highest BCUT2D eigenvalue weighted by molar-refractivity contribution is 8.00. The van der Waals surface area contributed by atoms with E-state index >= 15 is 0 Å². The van der Waals surface area contributed by atoms with Gasteiger partial charge in [0, 0.05) is 13.6 Å². The molecule has 0 aromatic heterocycles. The number of hydrogen-bond donors (Lipinski definition) is 1. The van der Waals surface area contributed by atoms with E-state index in [-0.39, 0.29) is 17.4 Å². The third kappa shape index (κ3) is 5.97. The first kappa shape index (κ1) is 16.4. The number of aliphatic carboxylic acids is 1. The van der Waals surface area contributed by atoms with Crippen molar-refractivity contribution in [2.75, 3.05) is 25.2 Å². The Balaban J connectivity index is 2.42. The minimum Gasteiger partial charge on any atom is -0.494 e. The fourth-order valence-corrected chi connectivity index (χ4v) is 2.23. The molecule has 0 heterocycles. The Kier molecular flexibility index (Phi) is 6.93. The molecule has 110 valence electrons. The largest absolute Gasteiger partial charge is 0.494 e. The first-order chi connectivity index (χ1) is 9.52. The van der Waals surface area contributed by atoms with E-state index in [0.29, 0.717) is 13.2 Å². The number of carboxylic acids is 1. The summed E-state index contributed by atoms with van der Waals surface area (Å²) in [4.78, 5) is 23.7. The number of thioether (sulfide) groups is 1. The minimum absolute atomic E-state index is 0.0529. The maximum Gasteiger partial charge on any atom is 0.313 e. The molecule has 0 aliphatic carbocycles. The minimum atomic E-state index is -0.906. The predicted octanol–water partition coefficient (Wildman–Crippen LogP) is 1.86. The number of amides is 1. The van der Waals surface area contributed by atoms with E-state index in [4.69, 9.17) is 9.84 Å². The summed E-state index contributed by atoms with van der Waals surface area (Å²) in [5, 5.41) is 8.51. The number of benzene rings is 1. The summed E-state index contributed by atoms with van der Waals surface area (Å²) >= 11 is 1.11. The zero-order valence-corrected chi connectivity index (χ0v) is 12.5. The van der Waals surface area contributed by atoms with Gasteiger partial charge in [0.1, 0.15) is 5.75 Å². The molecule has 5 nitrogen and oxygen atoms in total. The van der Waals surface area contributed by atoms with E-state index in [0.717, 1.165) is 23.1 Å². The molecule has 0 fully saturated rings. The van der Waals surface area contributed by atoms with Gasteiger partial charge in [0.25, 0.3) is 0 Å². The van der Waals surface area contributed by atoms with Crippen LogP contribution in [0.1, 0.15) is 12.5 Å². The van der Waals surface area contributed by atoms with Crippen LogP contribution in [0, 0.1) is 0 Å². The van der Waals surface area contributed by atoms with Gasteiger partial charge in [0.15, 0.2) is 0 Å². The van der Waals surface area contributed by atoms with Crippen molar-refractivity contribution >= 4 is 23.6 Å². The van der Waals surface area contributed by atoms with Crippen LogP contribution in [0.2, 0.25) is 0 Å². The van der Waals surface area contributed by atoms with E-state index < -0.39 is 5.97 Å². The van der Waals surface area contributed by atoms with E-state index in [1.54, 1.807) is 11.9 Å². The molecule has 0 radical (unpaired) electrons. The zero-order chi connectivity index (χ0) is 15.0. The standard InChI is InChI=1S/C14H19NO4S/c1-3-19-12-6-4-11(5-7-12)8-15(2)13(16)9-20-10-14(17)18/h4-7H,3,8-10H2,1-2H3,(H,17,18). The lowest BCUT2D eigenvalue weighted by molar-refractivity contribution is -0.133. The lowest BCUT2D eigenvalue weighted by Crippen LogP contribution is -2.28. The Bertz CT molecular complexity index is 447. The molecule has 0 atom stereocenters. The van der Waals surface area contributed by atoms with E-state index in [9.17, 15) is 9.59 Å². The van der Waals surface area contributed by atoms with Gasteiger partial charge < -0.3 is 14.7 Å². The summed E-state index contributed by atoms with van der Waals surface area (Å²) in [6.07, 6.45) is 0. The van der Waals surface area contributed by atoms with Crippen molar-refractivity contribution in [3.63, 3.8) is 0 Å². The molecule has 20 heavy (non-hydrogen) atoms. The first-order valence-corrected chi connectivity index (χ1v) is 7.43. The van der Waals surface area contributed by atoms with Gasteiger partial charge in [-0.3, -0.25) is 9.59 Å². The smallest absolute Gasteiger partial charge is 0.313 e. The molecule has 0 saturated heterocycles. The third-order valence-electron chi connectivity index (χ3n) is 2.53. The van der Waals surface area contributed by atoms with E-state index in [2.05, 4.69) is 0 Å². The molecule has 0 bridgehead atoms. The van der Waals surface area contributed by atoms with Crippen LogP contribution in [-0.4, -0.2) is 47.0 Å². The number of rotatable bonds is 8. The van der Waals surface area contributed by atoms with Crippen molar-refractivity contribution in [1.82, 2.24) is 4.90 Å². The van der Waals surface area contributed by atoms with Crippen molar-refractivity contribution in [2.24, 2.45) is 0 Å². The van der Waals surface area contributed by atoms with Crippen LogP contribution in [0.15, 0.2) is 24.3 Å². The molecule has 1 rings (SSSR count). The van der Waals surface area contributed by atoms with Gasteiger partial charge in [-0.15, -0.1) is 11.8 Å². The van der Waals surface area contributed by atoms with Crippen molar-refractivity contribution in [1.29, 1.82) is 0 Å². The van der Waals surface area contributed by atoms with E-state index in [1.807, 2.05) is 31.2 Å². The quantitative estimate of drug-likeness (QED) is 0.793. The Morgan fingerprint density at radius 2 is 1.90 bits per heavy atom. The molecule has 0 saturated carbocycles. The van der Waals surface area contributed by atoms with Crippen LogP contribution in [0.3, 0.4) is 0 Å². The van der Waals surface area contributed by atoms with Gasteiger partial charge in [-0.05, 0) is 24.6 Å². The Labute approximate surface area is 122 Å². The molecule has 1 aromatic carbocycles. The average molecular weight is 297 g/mol. The highest BCUT2D eigenvalue weighted by Gasteiger charge is 2.10. The second-order valence-electron chi connectivity index (χ2n) is 4.21. The van der Waals surface area contributed by atoms with E-state index in [1.165, 1.54) is 0 Å². The normalized spacial score (nSPS) is 10.1. The molecule has 6 heteroatoms. The molecule has 0 aliphatic heterocycles.